The summed E-state index contributed by atoms with van der Waals surface area (Å²) in [4.78, 5) is 20.4. The number of aromatic nitrogens is 1. The molecule has 0 aliphatic heterocycles. The third-order valence-corrected chi connectivity index (χ3v) is 3.49. The topological polar surface area (TPSA) is 62.8 Å². The molecule has 1 aromatic heterocycles. The third kappa shape index (κ3) is 2.49. The molecule has 0 saturated heterocycles. The number of fused-ring (bicyclic) bond motifs is 1. The van der Waals surface area contributed by atoms with Crippen LogP contribution in [0.15, 0.2) is 12.1 Å². The summed E-state index contributed by atoms with van der Waals surface area (Å²) in [6, 6.07) is 4.04. The lowest BCUT2D eigenvalue weighted by Crippen LogP contribution is -2.15. The highest BCUT2D eigenvalue weighted by Gasteiger charge is 2.22. The zero-order chi connectivity index (χ0) is 15.9. The highest BCUT2D eigenvalue weighted by atomic mass is 16.4. The monoisotopic (exact) mass is 290 g/mol. The minimum atomic E-state index is -0.953. The van der Waals surface area contributed by atoms with Crippen molar-refractivity contribution in [2.45, 2.75) is 0 Å². The first kappa shape index (κ1) is 15.0. The van der Waals surface area contributed by atoms with Crippen molar-refractivity contribution in [2.75, 3.05) is 57.0 Å². The standard InChI is InChI=1S/C15H22N4O2/c1-17(2)9-7-10-12(11(8-9)18(3)4)14(19(5)6)13(16-10)15(20)21/h7-8,16H,1-6H3,(H,20,21). The number of H-pyrrole nitrogens is 1. The maximum absolute atomic E-state index is 11.5. The first-order valence-electron chi connectivity index (χ1n) is 6.69. The van der Waals surface area contributed by atoms with E-state index in [9.17, 15) is 9.90 Å². The SMILES string of the molecule is CN(C)c1cc(N(C)C)c2c(N(C)C)c(C(=O)O)[nH]c2c1. The van der Waals surface area contributed by atoms with Crippen molar-refractivity contribution < 1.29 is 9.90 Å². The van der Waals surface area contributed by atoms with Gasteiger partial charge in [-0.3, -0.25) is 0 Å². The highest BCUT2D eigenvalue weighted by molar-refractivity contribution is 6.12. The number of nitrogens with zero attached hydrogens (tertiary/aromatic N) is 3. The number of carboxylic acid groups (broad SMARTS) is 1. The summed E-state index contributed by atoms with van der Waals surface area (Å²) in [6.07, 6.45) is 0. The van der Waals surface area contributed by atoms with E-state index >= 15 is 0 Å². The number of rotatable bonds is 4. The fourth-order valence-corrected chi connectivity index (χ4v) is 2.49. The fourth-order valence-electron chi connectivity index (χ4n) is 2.49. The molecule has 0 radical (unpaired) electrons. The third-order valence-electron chi connectivity index (χ3n) is 3.49. The average molecular weight is 290 g/mol. The maximum atomic E-state index is 11.5. The van der Waals surface area contributed by atoms with Crippen molar-refractivity contribution >= 4 is 33.9 Å². The molecule has 2 aromatic rings. The Morgan fingerprint density at radius 1 is 1.00 bits per heavy atom. The van der Waals surface area contributed by atoms with Gasteiger partial charge < -0.3 is 24.8 Å². The van der Waals surface area contributed by atoms with Gasteiger partial charge in [-0.2, -0.15) is 0 Å². The number of aromatic amines is 1. The predicted molar refractivity (Wildman–Crippen MR) is 88.2 cm³/mol. The molecule has 1 aromatic carbocycles. The molecule has 0 unspecified atom stereocenters. The number of carboxylic acids is 1. The van der Waals surface area contributed by atoms with Crippen molar-refractivity contribution in [3.05, 3.63) is 17.8 Å². The van der Waals surface area contributed by atoms with Crippen LogP contribution in [0.3, 0.4) is 0 Å². The Kier molecular flexibility index (Phi) is 3.72. The molecule has 2 rings (SSSR count). The second-order valence-corrected chi connectivity index (χ2v) is 5.72. The number of aromatic carboxylic acids is 1. The minimum Gasteiger partial charge on any atom is -0.477 e. The van der Waals surface area contributed by atoms with E-state index in [0.717, 1.165) is 22.3 Å². The molecule has 6 heteroatoms. The molecule has 0 fully saturated rings. The molecular weight excluding hydrogens is 268 g/mol. The van der Waals surface area contributed by atoms with Crippen LogP contribution < -0.4 is 14.7 Å². The zero-order valence-electron chi connectivity index (χ0n) is 13.4. The van der Waals surface area contributed by atoms with Crippen molar-refractivity contribution in [3.8, 4) is 0 Å². The minimum absolute atomic E-state index is 0.217. The summed E-state index contributed by atoms with van der Waals surface area (Å²) in [5.74, 6) is -0.953. The number of carbonyl (C=O) groups is 1. The summed E-state index contributed by atoms with van der Waals surface area (Å²) < 4.78 is 0. The lowest BCUT2D eigenvalue weighted by Gasteiger charge is -2.21. The highest BCUT2D eigenvalue weighted by Crippen LogP contribution is 2.39. The van der Waals surface area contributed by atoms with E-state index in [1.54, 1.807) is 0 Å². The van der Waals surface area contributed by atoms with Crippen LogP contribution in [0.25, 0.3) is 10.9 Å². The fraction of sp³-hybridized carbons (Fsp3) is 0.400. The molecule has 0 bridgehead atoms. The molecule has 0 amide bonds. The second kappa shape index (κ2) is 5.20. The van der Waals surface area contributed by atoms with E-state index in [4.69, 9.17) is 0 Å². The molecule has 0 aliphatic carbocycles. The Balaban J connectivity index is 2.91. The van der Waals surface area contributed by atoms with Gasteiger partial charge in [-0.15, -0.1) is 0 Å². The van der Waals surface area contributed by atoms with Crippen LogP contribution in [0.4, 0.5) is 17.1 Å². The summed E-state index contributed by atoms with van der Waals surface area (Å²) in [5.41, 5.74) is 3.75. The number of anilines is 3. The lowest BCUT2D eigenvalue weighted by molar-refractivity contribution is 0.0692. The van der Waals surface area contributed by atoms with Gasteiger partial charge >= 0.3 is 5.97 Å². The van der Waals surface area contributed by atoms with Crippen LogP contribution in [0.5, 0.6) is 0 Å². The van der Waals surface area contributed by atoms with Gasteiger partial charge in [0.25, 0.3) is 0 Å². The predicted octanol–water partition coefficient (Wildman–Crippen LogP) is 2.06. The van der Waals surface area contributed by atoms with Crippen LogP contribution in [-0.2, 0) is 0 Å². The molecular formula is C15H22N4O2. The Morgan fingerprint density at radius 2 is 1.62 bits per heavy atom. The molecule has 0 aliphatic rings. The van der Waals surface area contributed by atoms with Gasteiger partial charge in [-0.05, 0) is 12.1 Å². The summed E-state index contributed by atoms with van der Waals surface area (Å²) in [7, 11) is 11.6. The Hall–Kier alpha value is -2.37. The van der Waals surface area contributed by atoms with Crippen LogP contribution in [0.2, 0.25) is 0 Å². The number of nitrogens with one attached hydrogen (secondary N) is 1. The molecule has 0 spiro atoms. The van der Waals surface area contributed by atoms with Crippen LogP contribution >= 0.6 is 0 Å². The van der Waals surface area contributed by atoms with E-state index in [-0.39, 0.29) is 5.69 Å². The first-order chi connectivity index (χ1) is 9.73. The molecule has 6 nitrogen and oxygen atoms in total. The van der Waals surface area contributed by atoms with Crippen molar-refractivity contribution in [3.63, 3.8) is 0 Å². The van der Waals surface area contributed by atoms with Gasteiger partial charge in [0.05, 0.1) is 11.2 Å². The van der Waals surface area contributed by atoms with E-state index in [0.29, 0.717) is 5.69 Å². The normalized spacial score (nSPS) is 10.8. The van der Waals surface area contributed by atoms with Crippen molar-refractivity contribution in [1.82, 2.24) is 4.98 Å². The Labute approximate surface area is 124 Å². The van der Waals surface area contributed by atoms with E-state index in [2.05, 4.69) is 11.1 Å². The summed E-state index contributed by atoms with van der Waals surface area (Å²) >= 11 is 0. The quantitative estimate of drug-likeness (QED) is 0.902. The van der Waals surface area contributed by atoms with Crippen molar-refractivity contribution in [2.24, 2.45) is 0 Å². The van der Waals surface area contributed by atoms with Gasteiger partial charge in [-0.25, -0.2) is 4.79 Å². The molecule has 0 saturated carbocycles. The number of hydrogen-bond donors (Lipinski definition) is 2. The maximum Gasteiger partial charge on any atom is 0.354 e. The van der Waals surface area contributed by atoms with Gasteiger partial charge in [0.1, 0.15) is 5.69 Å². The van der Waals surface area contributed by atoms with Gasteiger partial charge in [-0.1, -0.05) is 0 Å². The Bertz CT molecular complexity index is 687. The second-order valence-electron chi connectivity index (χ2n) is 5.72. The first-order valence-corrected chi connectivity index (χ1v) is 6.69. The van der Waals surface area contributed by atoms with Gasteiger partial charge in [0.2, 0.25) is 0 Å². The average Bonchev–Trinajstić information content (AvgIpc) is 2.76. The number of hydrogen-bond acceptors (Lipinski definition) is 4. The molecule has 2 N–H and O–H groups in total. The van der Waals surface area contributed by atoms with Gasteiger partial charge in [0.15, 0.2) is 0 Å². The lowest BCUT2D eigenvalue weighted by atomic mass is 10.1. The van der Waals surface area contributed by atoms with Crippen LogP contribution in [0.1, 0.15) is 10.5 Å². The van der Waals surface area contributed by atoms with Crippen LogP contribution in [-0.4, -0.2) is 58.3 Å². The summed E-state index contributed by atoms with van der Waals surface area (Å²) in [6.45, 7) is 0. The van der Waals surface area contributed by atoms with E-state index < -0.39 is 5.97 Å². The zero-order valence-corrected chi connectivity index (χ0v) is 13.4. The summed E-state index contributed by atoms with van der Waals surface area (Å²) in [5, 5.41) is 10.4. The van der Waals surface area contributed by atoms with Crippen molar-refractivity contribution in [1.29, 1.82) is 0 Å². The van der Waals surface area contributed by atoms with E-state index in [1.165, 1.54) is 0 Å². The smallest absolute Gasteiger partial charge is 0.354 e. The van der Waals surface area contributed by atoms with Gasteiger partial charge in [0, 0.05) is 59.0 Å². The number of benzene rings is 1. The Morgan fingerprint density at radius 3 is 2.05 bits per heavy atom. The van der Waals surface area contributed by atoms with E-state index in [1.807, 2.05) is 63.1 Å². The molecule has 0 atom stereocenters. The largest absolute Gasteiger partial charge is 0.477 e. The molecule has 1 heterocycles. The van der Waals surface area contributed by atoms with Crippen LogP contribution in [0, 0.1) is 0 Å². The molecule has 114 valence electrons. The molecule has 21 heavy (non-hydrogen) atoms.